The average molecular weight is 362 g/mol. The summed E-state index contributed by atoms with van der Waals surface area (Å²) >= 11 is 1.54. The summed E-state index contributed by atoms with van der Waals surface area (Å²) in [5.74, 6) is 1.38. The fourth-order valence-electron chi connectivity index (χ4n) is 2.71. The van der Waals surface area contributed by atoms with Crippen molar-refractivity contribution >= 4 is 23.5 Å². The van der Waals surface area contributed by atoms with Crippen LogP contribution in [0.2, 0.25) is 0 Å². The summed E-state index contributed by atoms with van der Waals surface area (Å²) in [6, 6.07) is 18.1. The maximum absolute atomic E-state index is 6.12. The minimum absolute atomic E-state index is 0.353. The molecule has 1 N–H and O–H groups in total. The zero-order valence-electron chi connectivity index (χ0n) is 14.3. The van der Waals surface area contributed by atoms with Gasteiger partial charge in [0, 0.05) is 11.3 Å². The van der Waals surface area contributed by atoms with Crippen LogP contribution in [0.4, 0.5) is 5.69 Å². The molecule has 1 aromatic heterocycles. The number of thioether (sulfide) groups is 1. The molecule has 5 nitrogen and oxygen atoms in total. The number of hydrogen-bond donors (Lipinski definition) is 1. The molecule has 130 valence electrons. The van der Waals surface area contributed by atoms with Gasteiger partial charge in [-0.05, 0) is 23.5 Å². The molecule has 0 aliphatic carbocycles. The van der Waals surface area contributed by atoms with E-state index in [-0.39, 0.29) is 6.23 Å². The summed E-state index contributed by atoms with van der Waals surface area (Å²) in [5.41, 5.74) is 3.65. The smallest absolute Gasteiger partial charge is 0.247 e. The first-order valence-electron chi connectivity index (χ1n) is 8.47. The summed E-state index contributed by atoms with van der Waals surface area (Å²) in [6.07, 6.45) is 3.66. The van der Waals surface area contributed by atoms with Crippen LogP contribution in [-0.4, -0.2) is 27.2 Å². The van der Waals surface area contributed by atoms with E-state index in [1.54, 1.807) is 11.8 Å². The second-order valence-electron chi connectivity index (χ2n) is 5.68. The van der Waals surface area contributed by atoms with E-state index in [9.17, 15) is 0 Å². The number of nitrogens with one attached hydrogen (secondary N) is 1. The number of anilines is 1. The number of para-hydroxylation sites is 1. The van der Waals surface area contributed by atoms with Crippen LogP contribution >= 0.6 is 11.8 Å². The van der Waals surface area contributed by atoms with Crippen LogP contribution in [0, 0.1) is 0 Å². The van der Waals surface area contributed by atoms with E-state index in [0.29, 0.717) is 16.7 Å². The van der Waals surface area contributed by atoms with Gasteiger partial charge in [-0.3, -0.25) is 0 Å². The molecule has 1 atom stereocenters. The van der Waals surface area contributed by atoms with Crippen molar-refractivity contribution in [2.75, 3.05) is 11.1 Å². The molecule has 0 fully saturated rings. The molecular formula is C20H18N4OS. The third kappa shape index (κ3) is 3.55. The van der Waals surface area contributed by atoms with Gasteiger partial charge in [0.25, 0.3) is 0 Å². The lowest BCUT2D eigenvalue weighted by atomic mass is 10.1. The maximum atomic E-state index is 6.12. The summed E-state index contributed by atoms with van der Waals surface area (Å²) in [4.78, 5) is 4.56. The van der Waals surface area contributed by atoms with Crippen molar-refractivity contribution < 1.29 is 4.74 Å². The SMILES string of the molecule is CCSc1nnc2c(n1)O[C@H](C=Cc1ccccc1)Nc1ccccc1-2. The van der Waals surface area contributed by atoms with Crippen LogP contribution in [0.5, 0.6) is 5.88 Å². The Kier molecular flexibility index (Phi) is 4.84. The van der Waals surface area contributed by atoms with Crippen molar-refractivity contribution in [1.82, 2.24) is 15.2 Å². The average Bonchev–Trinajstić information content (AvgIpc) is 2.83. The Bertz CT molecular complexity index is 930. The van der Waals surface area contributed by atoms with Crippen LogP contribution in [0.15, 0.2) is 65.8 Å². The van der Waals surface area contributed by atoms with Gasteiger partial charge in [-0.15, -0.1) is 10.2 Å². The van der Waals surface area contributed by atoms with E-state index < -0.39 is 0 Å². The number of nitrogens with zero attached hydrogens (tertiary/aromatic N) is 3. The highest BCUT2D eigenvalue weighted by molar-refractivity contribution is 7.99. The predicted octanol–water partition coefficient (Wildman–Crippen LogP) is 4.49. The van der Waals surface area contributed by atoms with Gasteiger partial charge in [-0.25, -0.2) is 0 Å². The molecule has 0 saturated heterocycles. The van der Waals surface area contributed by atoms with Gasteiger partial charge < -0.3 is 10.1 Å². The Labute approximate surface area is 156 Å². The fraction of sp³-hybridized carbons (Fsp3) is 0.150. The minimum Gasteiger partial charge on any atom is -0.448 e. The highest BCUT2D eigenvalue weighted by Gasteiger charge is 2.23. The summed E-state index contributed by atoms with van der Waals surface area (Å²) in [7, 11) is 0. The zero-order chi connectivity index (χ0) is 17.8. The van der Waals surface area contributed by atoms with Gasteiger partial charge in [0.05, 0.1) is 0 Å². The first-order chi connectivity index (χ1) is 12.8. The van der Waals surface area contributed by atoms with Crippen LogP contribution < -0.4 is 10.1 Å². The number of aromatic nitrogens is 3. The number of hydrogen-bond acceptors (Lipinski definition) is 6. The van der Waals surface area contributed by atoms with Gasteiger partial charge in [0.2, 0.25) is 11.0 Å². The standard InChI is InChI=1S/C20H18N4OS/c1-2-26-20-22-19-18(23-24-20)15-10-6-7-11-16(15)21-17(25-19)13-12-14-8-4-3-5-9-14/h3-13,17,21H,2H2,1H3/t17-/m1/s1. The Morgan fingerprint density at radius 1 is 1.08 bits per heavy atom. The molecule has 4 rings (SSSR count). The second-order valence-corrected chi connectivity index (χ2v) is 6.91. The van der Waals surface area contributed by atoms with Crippen LogP contribution in [-0.2, 0) is 0 Å². The lowest BCUT2D eigenvalue weighted by Crippen LogP contribution is -2.23. The predicted molar refractivity (Wildman–Crippen MR) is 105 cm³/mol. The highest BCUT2D eigenvalue weighted by atomic mass is 32.2. The van der Waals surface area contributed by atoms with E-state index in [0.717, 1.165) is 22.6 Å². The number of fused-ring (bicyclic) bond motifs is 3. The van der Waals surface area contributed by atoms with E-state index in [1.165, 1.54) is 0 Å². The number of benzene rings is 2. The monoisotopic (exact) mass is 362 g/mol. The first-order valence-corrected chi connectivity index (χ1v) is 9.45. The number of ether oxygens (including phenoxy) is 1. The first kappa shape index (κ1) is 16.6. The summed E-state index contributed by atoms with van der Waals surface area (Å²) in [6.45, 7) is 2.06. The van der Waals surface area contributed by atoms with E-state index in [1.807, 2.05) is 54.6 Å². The Balaban J connectivity index is 1.72. The topological polar surface area (TPSA) is 59.9 Å². The zero-order valence-corrected chi connectivity index (χ0v) is 15.1. The summed E-state index contributed by atoms with van der Waals surface area (Å²) in [5, 5.41) is 12.6. The third-order valence-corrected chi connectivity index (χ3v) is 4.61. The third-order valence-electron chi connectivity index (χ3n) is 3.89. The van der Waals surface area contributed by atoms with Crippen molar-refractivity contribution in [1.29, 1.82) is 0 Å². The van der Waals surface area contributed by atoms with Gasteiger partial charge in [0.1, 0.15) is 0 Å². The van der Waals surface area contributed by atoms with Crippen molar-refractivity contribution in [3.63, 3.8) is 0 Å². The fourth-order valence-corrected chi connectivity index (χ4v) is 3.21. The van der Waals surface area contributed by atoms with E-state index in [2.05, 4.69) is 39.6 Å². The van der Waals surface area contributed by atoms with Gasteiger partial charge in [-0.2, -0.15) is 4.98 Å². The maximum Gasteiger partial charge on any atom is 0.247 e. The molecule has 6 heteroatoms. The molecule has 2 aromatic carbocycles. The van der Waals surface area contributed by atoms with Gasteiger partial charge >= 0.3 is 0 Å². The molecule has 1 aliphatic rings. The minimum atomic E-state index is -0.353. The molecule has 0 saturated carbocycles. The molecule has 2 heterocycles. The van der Waals surface area contributed by atoms with Crippen molar-refractivity contribution in [2.45, 2.75) is 18.3 Å². The lowest BCUT2D eigenvalue weighted by Gasteiger charge is -2.15. The second kappa shape index (κ2) is 7.58. The molecule has 26 heavy (non-hydrogen) atoms. The molecule has 3 aromatic rings. The Morgan fingerprint density at radius 3 is 2.73 bits per heavy atom. The largest absolute Gasteiger partial charge is 0.448 e. The van der Waals surface area contributed by atoms with Gasteiger partial charge in [0.15, 0.2) is 11.9 Å². The van der Waals surface area contributed by atoms with E-state index >= 15 is 0 Å². The Morgan fingerprint density at radius 2 is 1.88 bits per heavy atom. The van der Waals surface area contributed by atoms with E-state index in [4.69, 9.17) is 4.74 Å². The van der Waals surface area contributed by atoms with Gasteiger partial charge in [-0.1, -0.05) is 73.3 Å². The Hall–Kier alpha value is -2.86. The molecule has 1 aliphatic heterocycles. The molecule has 0 radical (unpaired) electrons. The molecule has 0 amide bonds. The van der Waals surface area contributed by atoms with Crippen LogP contribution in [0.1, 0.15) is 12.5 Å². The molecular weight excluding hydrogens is 344 g/mol. The molecule has 0 bridgehead atoms. The van der Waals surface area contributed by atoms with Crippen LogP contribution in [0.25, 0.3) is 17.3 Å². The normalized spacial score (nSPS) is 15.5. The van der Waals surface area contributed by atoms with Crippen LogP contribution in [0.3, 0.4) is 0 Å². The lowest BCUT2D eigenvalue weighted by molar-refractivity contribution is 0.266. The summed E-state index contributed by atoms with van der Waals surface area (Å²) < 4.78 is 6.12. The quantitative estimate of drug-likeness (QED) is 0.690. The molecule has 0 spiro atoms. The van der Waals surface area contributed by atoms with Crippen molar-refractivity contribution in [2.24, 2.45) is 0 Å². The van der Waals surface area contributed by atoms with Crippen molar-refractivity contribution in [3.05, 3.63) is 66.2 Å². The molecule has 0 unspecified atom stereocenters. The van der Waals surface area contributed by atoms with Crippen molar-refractivity contribution in [3.8, 4) is 17.1 Å². The highest BCUT2D eigenvalue weighted by Crippen LogP contribution is 2.36. The number of rotatable bonds is 4.